The molecule has 1 heteroatoms. The van der Waals surface area contributed by atoms with E-state index in [4.69, 9.17) is 0 Å². The second-order valence-corrected chi connectivity index (χ2v) is 3.33. The fraction of sp³-hybridized carbons (Fsp3) is 0.500. The molecule has 1 aliphatic carbocycles. The van der Waals surface area contributed by atoms with Crippen LogP contribution >= 0.6 is 0 Å². The van der Waals surface area contributed by atoms with Crippen LogP contribution in [0.1, 0.15) is 24.5 Å². The summed E-state index contributed by atoms with van der Waals surface area (Å²) in [5.41, 5.74) is 3.13. The van der Waals surface area contributed by atoms with Crippen molar-refractivity contribution >= 4 is 0 Å². The average Bonchev–Trinajstić information content (AvgIpc) is 2.66. The van der Waals surface area contributed by atoms with Crippen LogP contribution in [0.3, 0.4) is 0 Å². The van der Waals surface area contributed by atoms with Gasteiger partial charge in [0.25, 0.3) is 0 Å². The van der Waals surface area contributed by atoms with Crippen LogP contribution < -0.4 is 5.32 Å². The van der Waals surface area contributed by atoms with Gasteiger partial charge < -0.3 is 5.32 Å². The Kier molecular flexibility index (Phi) is 4.55. The van der Waals surface area contributed by atoms with Crippen LogP contribution in [0, 0.1) is 0 Å². The van der Waals surface area contributed by atoms with Gasteiger partial charge in [0, 0.05) is 0 Å². The summed E-state index contributed by atoms with van der Waals surface area (Å²) >= 11 is 0. The lowest BCUT2D eigenvalue weighted by atomic mass is 10.1. The van der Waals surface area contributed by atoms with Crippen molar-refractivity contribution in [3.63, 3.8) is 0 Å². The van der Waals surface area contributed by atoms with Crippen LogP contribution in [-0.4, -0.2) is 13.6 Å². The zero-order valence-corrected chi connectivity index (χ0v) is 8.64. The minimum Gasteiger partial charge on any atom is -0.320 e. The van der Waals surface area contributed by atoms with Gasteiger partial charge in [-0.25, -0.2) is 0 Å². The molecule has 0 saturated carbocycles. The van der Waals surface area contributed by atoms with E-state index in [9.17, 15) is 0 Å². The molecule has 0 unspecified atom stereocenters. The Morgan fingerprint density at radius 1 is 1.15 bits per heavy atom. The number of nitrogens with one attached hydrogen (secondary N) is 1. The second-order valence-electron chi connectivity index (χ2n) is 3.33. The summed E-state index contributed by atoms with van der Waals surface area (Å²) in [4.78, 5) is 0. The molecule has 13 heavy (non-hydrogen) atoms. The number of hydrogen-bond donors (Lipinski definition) is 1. The van der Waals surface area contributed by atoms with Gasteiger partial charge in [0.1, 0.15) is 0 Å². The number of fused-ring (bicyclic) bond motifs is 1. The van der Waals surface area contributed by atoms with Crippen LogP contribution in [0.5, 0.6) is 0 Å². The van der Waals surface area contributed by atoms with Gasteiger partial charge in [-0.2, -0.15) is 0 Å². The maximum absolute atomic E-state index is 2.93. The maximum atomic E-state index is 2.93. The standard InChI is InChI=1S/C9H10.C3H9N/c1-2-5-9-7-3-6-8(9)4-1;1-3-4-2/h1-2,4-5H,3,6-7H2;4H,3H2,1-2H3. The summed E-state index contributed by atoms with van der Waals surface area (Å²) < 4.78 is 0. The van der Waals surface area contributed by atoms with E-state index in [-0.39, 0.29) is 0 Å². The molecule has 0 aromatic heterocycles. The Morgan fingerprint density at radius 3 is 2.00 bits per heavy atom. The Bertz CT molecular complexity index is 218. The molecule has 0 aliphatic heterocycles. The van der Waals surface area contributed by atoms with Crippen LogP contribution in [0.25, 0.3) is 0 Å². The Labute approximate surface area is 81.2 Å². The van der Waals surface area contributed by atoms with Crippen LogP contribution in [0.4, 0.5) is 0 Å². The highest BCUT2D eigenvalue weighted by atomic mass is 14.8. The first-order valence-corrected chi connectivity index (χ1v) is 5.10. The molecule has 0 bridgehead atoms. The largest absolute Gasteiger partial charge is 0.320 e. The minimum absolute atomic E-state index is 1.07. The summed E-state index contributed by atoms with van der Waals surface area (Å²) in [6, 6.07) is 8.74. The maximum Gasteiger partial charge on any atom is -0.00804 e. The summed E-state index contributed by atoms with van der Waals surface area (Å²) in [5, 5.41) is 2.93. The van der Waals surface area contributed by atoms with Gasteiger partial charge in [-0.3, -0.25) is 0 Å². The topological polar surface area (TPSA) is 12.0 Å². The average molecular weight is 177 g/mol. The molecule has 1 N–H and O–H groups in total. The van der Waals surface area contributed by atoms with Gasteiger partial charge >= 0.3 is 0 Å². The van der Waals surface area contributed by atoms with Crippen molar-refractivity contribution in [3.8, 4) is 0 Å². The van der Waals surface area contributed by atoms with Gasteiger partial charge in [-0.05, 0) is 44.0 Å². The van der Waals surface area contributed by atoms with E-state index >= 15 is 0 Å². The zero-order chi connectivity index (χ0) is 9.52. The zero-order valence-electron chi connectivity index (χ0n) is 8.64. The van der Waals surface area contributed by atoms with Crippen molar-refractivity contribution in [1.29, 1.82) is 0 Å². The van der Waals surface area contributed by atoms with E-state index in [1.54, 1.807) is 11.1 Å². The first-order chi connectivity index (χ1) is 6.38. The molecule has 0 fully saturated rings. The summed E-state index contributed by atoms with van der Waals surface area (Å²) in [7, 11) is 1.93. The van der Waals surface area contributed by atoms with E-state index in [1.807, 2.05) is 7.05 Å². The Balaban J connectivity index is 0.000000184. The van der Waals surface area contributed by atoms with Crippen molar-refractivity contribution in [3.05, 3.63) is 35.4 Å². The molecule has 0 amide bonds. The number of hydrogen-bond acceptors (Lipinski definition) is 1. The van der Waals surface area contributed by atoms with Crippen LogP contribution in [0.15, 0.2) is 24.3 Å². The fourth-order valence-electron chi connectivity index (χ4n) is 1.51. The smallest absolute Gasteiger partial charge is 0.00804 e. The van der Waals surface area contributed by atoms with E-state index in [2.05, 4.69) is 36.5 Å². The van der Waals surface area contributed by atoms with Crippen molar-refractivity contribution in [2.24, 2.45) is 0 Å². The molecule has 1 aromatic carbocycles. The number of aryl methyl sites for hydroxylation is 2. The molecule has 72 valence electrons. The molecule has 0 spiro atoms. The molecule has 0 saturated heterocycles. The van der Waals surface area contributed by atoms with Gasteiger partial charge in [-0.1, -0.05) is 31.2 Å². The van der Waals surface area contributed by atoms with Gasteiger partial charge in [0.05, 0.1) is 0 Å². The summed E-state index contributed by atoms with van der Waals surface area (Å²) in [5.74, 6) is 0. The molecular weight excluding hydrogens is 158 g/mol. The highest BCUT2D eigenvalue weighted by Crippen LogP contribution is 2.20. The van der Waals surface area contributed by atoms with Crippen molar-refractivity contribution in [2.75, 3.05) is 13.6 Å². The molecular formula is C12H19N. The third-order valence-electron chi connectivity index (χ3n) is 2.36. The molecule has 1 aromatic rings. The molecule has 2 rings (SSSR count). The highest BCUT2D eigenvalue weighted by molar-refractivity contribution is 5.30. The molecule has 0 atom stereocenters. The molecule has 1 nitrogen and oxygen atoms in total. The van der Waals surface area contributed by atoms with E-state index in [0.717, 1.165) is 6.54 Å². The lowest BCUT2D eigenvalue weighted by molar-refractivity contribution is 0.864. The van der Waals surface area contributed by atoms with E-state index in [1.165, 1.54) is 19.3 Å². The molecule has 0 heterocycles. The van der Waals surface area contributed by atoms with Crippen molar-refractivity contribution < 1.29 is 0 Å². The number of rotatable bonds is 1. The lowest BCUT2D eigenvalue weighted by Gasteiger charge is -1.93. The first kappa shape index (κ1) is 10.3. The SMILES string of the molecule is CCNC.c1ccc2c(c1)CCC2. The summed E-state index contributed by atoms with van der Waals surface area (Å²) in [6.45, 7) is 3.14. The fourth-order valence-corrected chi connectivity index (χ4v) is 1.51. The van der Waals surface area contributed by atoms with Crippen molar-refractivity contribution in [2.45, 2.75) is 26.2 Å². The predicted molar refractivity (Wildman–Crippen MR) is 58.1 cm³/mol. The lowest BCUT2D eigenvalue weighted by Crippen LogP contribution is -2.01. The van der Waals surface area contributed by atoms with E-state index < -0.39 is 0 Å². The second kappa shape index (κ2) is 5.76. The normalized spacial score (nSPS) is 13.1. The third kappa shape index (κ3) is 3.19. The van der Waals surface area contributed by atoms with Crippen LogP contribution in [0.2, 0.25) is 0 Å². The van der Waals surface area contributed by atoms with E-state index in [0.29, 0.717) is 0 Å². The minimum atomic E-state index is 1.07. The highest BCUT2D eigenvalue weighted by Gasteiger charge is 2.07. The number of benzene rings is 1. The van der Waals surface area contributed by atoms with Gasteiger partial charge in [0.15, 0.2) is 0 Å². The van der Waals surface area contributed by atoms with Crippen molar-refractivity contribution in [1.82, 2.24) is 5.32 Å². The first-order valence-electron chi connectivity index (χ1n) is 5.10. The van der Waals surface area contributed by atoms with Gasteiger partial charge in [-0.15, -0.1) is 0 Å². The molecule has 0 radical (unpaired) electrons. The summed E-state index contributed by atoms with van der Waals surface area (Å²) in [6.07, 6.45) is 3.96. The molecule has 1 aliphatic rings. The Hall–Kier alpha value is -0.820. The predicted octanol–water partition coefficient (Wildman–Crippen LogP) is 2.40. The monoisotopic (exact) mass is 177 g/mol. The quantitative estimate of drug-likeness (QED) is 0.694. The third-order valence-corrected chi connectivity index (χ3v) is 2.36. The van der Waals surface area contributed by atoms with Crippen LogP contribution in [-0.2, 0) is 12.8 Å². The Morgan fingerprint density at radius 2 is 1.62 bits per heavy atom. The van der Waals surface area contributed by atoms with Gasteiger partial charge in [0.2, 0.25) is 0 Å².